The maximum atomic E-state index is 11.9. The molecule has 0 atom stereocenters. The molecule has 1 aliphatic heterocycles. The molecule has 1 aromatic rings. The van der Waals surface area contributed by atoms with E-state index in [4.69, 9.17) is 0 Å². The fraction of sp³-hybridized carbons (Fsp3) is 0.571. The summed E-state index contributed by atoms with van der Waals surface area (Å²) in [5, 5.41) is 11.9. The molecule has 1 aliphatic rings. The largest absolute Gasteiger partial charge is 0.314 e. The van der Waals surface area contributed by atoms with Crippen molar-refractivity contribution in [3.8, 4) is 0 Å². The third-order valence-electron chi connectivity index (χ3n) is 3.26. The van der Waals surface area contributed by atoms with Crippen molar-refractivity contribution in [3.05, 3.63) is 24.0 Å². The average molecular weight is 307 g/mol. The van der Waals surface area contributed by atoms with Gasteiger partial charge in [0.1, 0.15) is 5.69 Å². The molecule has 2 rings (SSSR count). The SMILES string of the molecule is CC/C(=N\NC(=O)SN1CCCCCC1)c1cccnn1. The predicted octanol–water partition coefficient (Wildman–Crippen LogP) is 2.82. The van der Waals surface area contributed by atoms with Gasteiger partial charge in [-0.05, 0) is 31.4 Å². The van der Waals surface area contributed by atoms with E-state index >= 15 is 0 Å². The van der Waals surface area contributed by atoms with Crippen LogP contribution in [-0.4, -0.2) is 38.5 Å². The first-order valence-corrected chi connectivity index (χ1v) is 8.14. The number of nitrogens with one attached hydrogen (secondary N) is 1. The van der Waals surface area contributed by atoms with Crippen LogP contribution in [0.15, 0.2) is 23.4 Å². The Labute approximate surface area is 129 Å². The van der Waals surface area contributed by atoms with Crippen molar-refractivity contribution in [2.45, 2.75) is 39.0 Å². The van der Waals surface area contributed by atoms with E-state index in [0.717, 1.165) is 31.6 Å². The van der Waals surface area contributed by atoms with Gasteiger partial charge in [-0.3, -0.25) is 4.79 Å². The number of hydrogen-bond acceptors (Lipinski definition) is 6. The fourth-order valence-electron chi connectivity index (χ4n) is 2.16. The second kappa shape index (κ2) is 8.74. The molecule has 0 radical (unpaired) electrons. The number of hydrogen-bond donors (Lipinski definition) is 1. The van der Waals surface area contributed by atoms with Crippen LogP contribution in [0.5, 0.6) is 0 Å². The van der Waals surface area contributed by atoms with Crippen LogP contribution in [0.2, 0.25) is 0 Å². The van der Waals surface area contributed by atoms with E-state index in [2.05, 4.69) is 25.0 Å². The number of aromatic nitrogens is 2. The number of hydrazone groups is 1. The van der Waals surface area contributed by atoms with Gasteiger partial charge in [0.15, 0.2) is 0 Å². The lowest BCUT2D eigenvalue weighted by Crippen LogP contribution is -2.24. The van der Waals surface area contributed by atoms with Crippen LogP contribution in [0.25, 0.3) is 0 Å². The molecule has 0 saturated carbocycles. The first kappa shape index (κ1) is 15.9. The molecule has 0 aliphatic carbocycles. The predicted molar refractivity (Wildman–Crippen MR) is 85.0 cm³/mol. The molecular weight excluding hydrogens is 286 g/mol. The lowest BCUT2D eigenvalue weighted by Gasteiger charge is -2.16. The summed E-state index contributed by atoms with van der Waals surface area (Å²) < 4.78 is 2.12. The van der Waals surface area contributed by atoms with Crippen LogP contribution < -0.4 is 5.43 Å². The van der Waals surface area contributed by atoms with E-state index < -0.39 is 0 Å². The smallest absolute Gasteiger partial charge is 0.259 e. The van der Waals surface area contributed by atoms with Crippen LogP contribution in [0.3, 0.4) is 0 Å². The first-order valence-electron chi connectivity index (χ1n) is 7.37. The van der Waals surface area contributed by atoms with Crippen LogP contribution in [0.4, 0.5) is 4.79 Å². The van der Waals surface area contributed by atoms with E-state index in [1.54, 1.807) is 12.3 Å². The topological polar surface area (TPSA) is 70.5 Å². The number of amides is 1. The van der Waals surface area contributed by atoms with Crippen LogP contribution >= 0.6 is 11.9 Å². The number of rotatable bonds is 4. The number of carbonyl (C=O) groups is 1. The fourth-order valence-corrected chi connectivity index (χ4v) is 2.92. The zero-order valence-corrected chi connectivity index (χ0v) is 13.1. The van der Waals surface area contributed by atoms with E-state index in [9.17, 15) is 4.79 Å². The molecule has 0 unspecified atom stereocenters. The van der Waals surface area contributed by atoms with Crippen LogP contribution in [-0.2, 0) is 0 Å². The molecule has 1 amide bonds. The highest BCUT2D eigenvalue weighted by molar-refractivity contribution is 8.11. The Morgan fingerprint density at radius 1 is 1.38 bits per heavy atom. The minimum Gasteiger partial charge on any atom is -0.259 e. The lowest BCUT2D eigenvalue weighted by molar-refractivity contribution is 0.260. The van der Waals surface area contributed by atoms with Gasteiger partial charge in [0.05, 0.1) is 5.71 Å². The highest BCUT2D eigenvalue weighted by Crippen LogP contribution is 2.18. The zero-order valence-electron chi connectivity index (χ0n) is 12.3. The quantitative estimate of drug-likeness (QED) is 0.526. The summed E-state index contributed by atoms with van der Waals surface area (Å²) in [6.07, 6.45) is 7.12. The minimum absolute atomic E-state index is 0.147. The maximum Gasteiger partial charge on any atom is 0.314 e. The molecule has 0 bridgehead atoms. The summed E-state index contributed by atoms with van der Waals surface area (Å²) in [5.41, 5.74) is 4.03. The average Bonchev–Trinajstić information content (AvgIpc) is 2.77. The van der Waals surface area contributed by atoms with Crippen molar-refractivity contribution in [1.82, 2.24) is 19.9 Å². The summed E-state index contributed by atoms with van der Waals surface area (Å²) in [4.78, 5) is 11.9. The summed E-state index contributed by atoms with van der Waals surface area (Å²) in [5.74, 6) is 0. The van der Waals surface area contributed by atoms with Crippen molar-refractivity contribution in [1.29, 1.82) is 0 Å². The van der Waals surface area contributed by atoms with Crippen molar-refractivity contribution in [2.24, 2.45) is 5.10 Å². The highest BCUT2D eigenvalue weighted by Gasteiger charge is 2.14. The molecule has 6 nitrogen and oxygen atoms in total. The van der Waals surface area contributed by atoms with Crippen molar-refractivity contribution >= 4 is 22.9 Å². The van der Waals surface area contributed by atoms with E-state index in [-0.39, 0.29) is 5.24 Å². The normalized spacial score (nSPS) is 17.3. The molecule has 7 heteroatoms. The van der Waals surface area contributed by atoms with Crippen LogP contribution in [0, 0.1) is 0 Å². The maximum absolute atomic E-state index is 11.9. The van der Waals surface area contributed by atoms with Gasteiger partial charge in [0.25, 0.3) is 0 Å². The molecule has 1 saturated heterocycles. The van der Waals surface area contributed by atoms with Gasteiger partial charge in [-0.25, -0.2) is 9.73 Å². The Kier molecular flexibility index (Phi) is 6.62. The van der Waals surface area contributed by atoms with E-state index in [1.807, 2.05) is 13.0 Å². The summed E-state index contributed by atoms with van der Waals surface area (Å²) in [7, 11) is 0. The first-order chi connectivity index (χ1) is 10.3. The summed E-state index contributed by atoms with van der Waals surface area (Å²) in [6, 6.07) is 3.64. The number of carbonyl (C=O) groups excluding carboxylic acids is 1. The van der Waals surface area contributed by atoms with Crippen molar-refractivity contribution in [3.63, 3.8) is 0 Å². The minimum atomic E-state index is -0.147. The third kappa shape index (κ3) is 5.43. The Balaban J connectivity index is 1.87. The Morgan fingerprint density at radius 2 is 2.14 bits per heavy atom. The van der Waals surface area contributed by atoms with Gasteiger partial charge in [-0.15, -0.1) is 5.10 Å². The van der Waals surface area contributed by atoms with E-state index in [0.29, 0.717) is 12.1 Å². The molecule has 0 spiro atoms. The standard InChI is InChI=1S/C14H21N5OS/c1-2-12(13-8-7-9-15-16-13)17-18-14(20)21-19-10-5-3-4-6-11-19/h7-9H,2-6,10-11H2,1H3,(H,18,20)/b17-12+. The molecule has 114 valence electrons. The third-order valence-corrected chi connectivity index (χ3v) is 4.14. The molecule has 2 heterocycles. The second-order valence-corrected chi connectivity index (χ2v) is 5.92. The second-order valence-electron chi connectivity index (χ2n) is 4.85. The Morgan fingerprint density at radius 3 is 2.76 bits per heavy atom. The lowest BCUT2D eigenvalue weighted by atomic mass is 10.2. The number of nitrogens with zero attached hydrogens (tertiary/aromatic N) is 4. The van der Waals surface area contributed by atoms with Crippen molar-refractivity contribution < 1.29 is 4.79 Å². The van der Waals surface area contributed by atoms with Crippen molar-refractivity contribution in [2.75, 3.05) is 13.1 Å². The van der Waals surface area contributed by atoms with Gasteiger partial charge in [0.2, 0.25) is 0 Å². The van der Waals surface area contributed by atoms with E-state index in [1.165, 1.54) is 24.8 Å². The zero-order chi connectivity index (χ0) is 14.9. The highest BCUT2D eigenvalue weighted by atomic mass is 32.2. The molecule has 21 heavy (non-hydrogen) atoms. The van der Waals surface area contributed by atoms with Gasteiger partial charge >= 0.3 is 5.24 Å². The Bertz CT molecular complexity index is 472. The van der Waals surface area contributed by atoms with Gasteiger partial charge < -0.3 is 0 Å². The monoisotopic (exact) mass is 307 g/mol. The van der Waals surface area contributed by atoms with Crippen LogP contribution in [0.1, 0.15) is 44.7 Å². The molecule has 1 N–H and O–H groups in total. The molecule has 1 fully saturated rings. The molecular formula is C14H21N5OS. The summed E-state index contributed by atoms with van der Waals surface area (Å²) in [6.45, 7) is 3.90. The summed E-state index contributed by atoms with van der Waals surface area (Å²) >= 11 is 1.22. The van der Waals surface area contributed by atoms with Gasteiger partial charge in [0, 0.05) is 31.2 Å². The molecule has 0 aromatic carbocycles. The Hall–Kier alpha value is -1.47. The molecule has 1 aromatic heterocycles. The van der Waals surface area contributed by atoms with Gasteiger partial charge in [-0.1, -0.05) is 19.8 Å². The van der Waals surface area contributed by atoms with Gasteiger partial charge in [-0.2, -0.15) is 10.2 Å².